The van der Waals surface area contributed by atoms with Crippen LogP contribution >= 0.6 is 0 Å². The highest BCUT2D eigenvalue weighted by molar-refractivity contribution is 5.71. The highest BCUT2D eigenvalue weighted by Crippen LogP contribution is 2.17. The monoisotopic (exact) mass is 863 g/mol. The fraction of sp³-hybridized carbons (Fsp3) is 0.945. The normalized spacial score (nSPS) is 12.0. The molecule has 0 saturated heterocycles. The highest BCUT2D eigenvalue weighted by Gasteiger charge is 2.19. The van der Waals surface area contributed by atoms with Crippen LogP contribution in [0.15, 0.2) is 0 Å². The number of carbonyl (C=O) groups is 3. The molecule has 0 heterocycles. The van der Waals surface area contributed by atoms with Crippen molar-refractivity contribution >= 4 is 17.9 Å². The predicted molar refractivity (Wildman–Crippen MR) is 261 cm³/mol. The molecule has 0 radical (unpaired) electrons. The van der Waals surface area contributed by atoms with E-state index in [9.17, 15) is 14.4 Å². The fourth-order valence-electron chi connectivity index (χ4n) is 8.39. The van der Waals surface area contributed by atoms with Gasteiger partial charge in [0.2, 0.25) is 0 Å². The molecule has 0 aromatic heterocycles. The second kappa shape index (κ2) is 49.4. The third kappa shape index (κ3) is 49.3. The Morgan fingerprint density at radius 2 is 0.541 bits per heavy atom. The first-order chi connectivity index (χ1) is 29.9. The first kappa shape index (κ1) is 59.4. The minimum Gasteiger partial charge on any atom is -0.462 e. The summed E-state index contributed by atoms with van der Waals surface area (Å²) in [6.07, 6.45) is 52.3. The molecule has 362 valence electrons. The van der Waals surface area contributed by atoms with Crippen molar-refractivity contribution in [2.45, 2.75) is 316 Å². The smallest absolute Gasteiger partial charge is 0.306 e. The zero-order valence-electron chi connectivity index (χ0n) is 41.6. The number of esters is 3. The molecule has 0 aliphatic rings. The zero-order chi connectivity index (χ0) is 44.5. The summed E-state index contributed by atoms with van der Waals surface area (Å²) < 4.78 is 16.8. The van der Waals surface area contributed by atoms with Crippen molar-refractivity contribution in [1.82, 2.24) is 0 Å². The minimum absolute atomic E-state index is 0.0622. The van der Waals surface area contributed by atoms with E-state index in [2.05, 4.69) is 27.7 Å². The quantitative estimate of drug-likeness (QED) is 0.0344. The Kier molecular flexibility index (Phi) is 48.1. The Bertz CT molecular complexity index is 918. The first-order valence-corrected chi connectivity index (χ1v) is 27.4. The van der Waals surface area contributed by atoms with Gasteiger partial charge in [-0.15, -0.1) is 0 Å². The van der Waals surface area contributed by atoms with Crippen molar-refractivity contribution in [3.05, 3.63) is 0 Å². The molecule has 0 bridgehead atoms. The molecule has 0 rings (SSSR count). The van der Waals surface area contributed by atoms with E-state index >= 15 is 0 Å². The summed E-state index contributed by atoms with van der Waals surface area (Å²) >= 11 is 0. The maximum Gasteiger partial charge on any atom is 0.306 e. The van der Waals surface area contributed by atoms with Crippen LogP contribution in [0.2, 0.25) is 0 Å². The summed E-state index contributed by atoms with van der Waals surface area (Å²) in [5.41, 5.74) is 0. The summed E-state index contributed by atoms with van der Waals surface area (Å²) in [7, 11) is 0. The van der Waals surface area contributed by atoms with Crippen LogP contribution in [0.4, 0.5) is 0 Å². The van der Waals surface area contributed by atoms with Crippen molar-refractivity contribution < 1.29 is 28.6 Å². The van der Waals surface area contributed by atoms with Crippen molar-refractivity contribution in [2.75, 3.05) is 13.2 Å². The van der Waals surface area contributed by atoms with Crippen LogP contribution in [-0.2, 0) is 28.6 Å². The largest absolute Gasteiger partial charge is 0.462 e. The second-order valence-electron chi connectivity index (χ2n) is 19.3. The van der Waals surface area contributed by atoms with Gasteiger partial charge in [-0.2, -0.15) is 0 Å². The summed E-state index contributed by atoms with van der Waals surface area (Å²) in [5.74, 6) is 0.00354. The summed E-state index contributed by atoms with van der Waals surface area (Å²) in [6, 6.07) is 0. The van der Waals surface area contributed by atoms with Crippen LogP contribution in [-0.4, -0.2) is 37.2 Å². The molecular weight excluding hydrogens is 757 g/mol. The van der Waals surface area contributed by atoms with E-state index in [-0.39, 0.29) is 31.1 Å². The molecule has 0 N–H and O–H groups in total. The molecule has 0 aliphatic carbocycles. The topological polar surface area (TPSA) is 78.9 Å². The van der Waals surface area contributed by atoms with Gasteiger partial charge in [0, 0.05) is 19.3 Å². The molecule has 0 unspecified atom stereocenters. The van der Waals surface area contributed by atoms with Crippen LogP contribution in [0.25, 0.3) is 0 Å². The lowest BCUT2D eigenvalue weighted by Gasteiger charge is -2.18. The van der Waals surface area contributed by atoms with E-state index in [0.717, 1.165) is 63.7 Å². The van der Waals surface area contributed by atoms with E-state index in [0.29, 0.717) is 19.3 Å². The first-order valence-electron chi connectivity index (χ1n) is 27.4. The van der Waals surface area contributed by atoms with Gasteiger partial charge in [-0.1, -0.05) is 272 Å². The summed E-state index contributed by atoms with van der Waals surface area (Å²) in [6.45, 7) is 9.05. The number of carbonyl (C=O) groups excluding carboxylic acids is 3. The van der Waals surface area contributed by atoms with Crippen LogP contribution < -0.4 is 0 Å². The minimum atomic E-state index is -0.761. The molecule has 0 amide bonds. The number of hydrogen-bond donors (Lipinski definition) is 0. The van der Waals surface area contributed by atoms with E-state index in [1.165, 1.54) is 205 Å². The van der Waals surface area contributed by atoms with Crippen LogP contribution in [0.3, 0.4) is 0 Å². The molecule has 0 saturated carbocycles. The molecule has 6 heteroatoms. The van der Waals surface area contributed by atoms with E-state index in [4.69, 9.17) is 14.2 Å². The summed E-state index contributed by atoms with van der Waals surface area (Å²) in [4.78, 5) is 38.0. The average molecular weight is 863 g/mol. The number of unbranched alkanes of at least 4 members (excludes halogenated alkanes) is 37. The number of ether oxygens (including phenoxy) is 3. The van der Waals surface area contributed by atoms with Crippen molar-refractivity contribution in [3.63, 3.8) is 0 Å². The van der Waals surface area contributed by atoms with Crippen LogP contribution in [0.5, 0.6) is 0 Å². The van der Waals surface area contributed by atoms with Gasteiger partial charge >= 0.3 is 17.9 Å². The Labute approximate surface area is 380 Å². The van der Waals surface area contributed by atoms with Gasteiger partial charge in [0.15, 0.2) is 6.10 Å². The zero-order valence-corrected chi connectivity index (χ0v) is 41.6. The van der Waals surface area contributed by atoms with Crippen molar-refractivity contribution in [1.29, 1.82) is 0 Å². The third-order valence-corrected chi connectivity index (χ3v) is 12.5. The van der Waals surface area contributed by atoms with Crippen molar-refractivity contribution in [2.24, 2.45) is 5.92 Å². The number of rotatable bonds is 50. The summed E-state index contributed by atoms with van der Waals surface area (Å²) in [5, 5.41) is 0. The fourth-order valence-corrected chi connectivity index (χ4v) is 8.39. The van der Waals surface area contributed by atoms with E-state index in [1.54, 1.807) is 0 Å². The Balaban J connectivity index is 4.28. The van der Waals surface area contributed by atoms with Gasteiger partial charge in [0.05, 0.1) is 0 Å². The molecule has 0 aliphatic heterocycles. The van der Waals surface area contributed by atoms with Crippen molar-refractivity contribution in [3.8, 4) is 0 Å². The van der Waals surface area contributed by atoms with Gasteiger partial charge in [0.1, 0.15) is 13.2 Å². The lowest BCUT2D eigenvalue weighted by molar-refractivity contribution is -0.167. The molecular formula is C55H106O6. The van der Waals surface area contributed by atoms with Crippen LogP contribution in [0.1, 0.15) is 310 Å². The lowest BCUT2D eigenvalue weighted by atomic mass is 10.0. The SMILES string of the molecule is CCCCCCCCCCCCCCCCCC(=O)OC[C@H](COC(=O)CCCCCCCCCCCCC)OC(=O)CCCCCCCCCCCCCCCCC(C)C. The molecule has 0 aromatic carbocycles. The van der Waals surface area contributed by atoms with Gasteiger partial charge in [-0.3, -0.25) is 14.4 Å². The molecule has 1 atom stereocenters. The predicted octanol–water partition coefficient (Wildman–Crippen LogP) is 17.8. The maximum absolute atomic E-state index is 12.8. The standard InChI is InChI=1S/C55H106O6/c1-5-7-9-11-13-15-17-18-19-23-27-31-35-39-43-47-54(57)60-50-52(49-59-53(56)46-42-38-34-30-25-16-14-12-10-8-6-2)61-55(58)48-44-40-36-32-28-24-21-20-22-26-29-33-37-41-45-51(3)4/h51-52H,5-50H2,1-4H3/t52-/m0/s1. The third-order valence-electron chi connectivity index (χ3n) is 12.5. The molecule has 6 nitrogen and oxygen atoms in total. The van der Waals surface area contributed by atoms with Crippen LogP contribution in [0, 0.1) is 5.92 Å². The Hall–Kier alpha value is -1.59. The van der Waals surface area contributed by atoms with E-state index < -0.39 is 6.10 Å². The Morgan fingerprint density at radius 1 is 0.311 bits per heavy atom. The molecule has 0 fully saturated rings. The molecule has 0 aromatic rings. The Morgan fingerprint density at radius 3 is 0.803 bits per heavy atom. The lowest BCUT2D eigenvalue weighted by Crippen LogP contribution is -2.30. The second-order valence-corrected chi connectivity index (χ2v) is 19.3. The van der Waals surface area contributed by atoms with Gasteiger partial charge in [-0.05, 0) is 25.2 Å². The number of hydrogen-bond acceptors (Lipinski definition) is 6. The van der Waals surface area contributed by atoms with Gasteiger partial charge in [0.25, 0.3) is 0 Å². The highest BCUT2D eigenvalue weighted by atomic mass is 16.6. The maximum atomic E-state index is 12.8. The van der Waals surface area contributed by atoms with E-state index in [1.807, 2.05) is 0 Å². The van der Waals surface area contributed by atoms with Gasteiger partial charge in [-0.25, -0.2) is 0 Å². The molecule has 61 heavy (non-hydrogen) atoms. The van der Waals surface area contributed by atoms with Gasteiger partial charge < -0.3 is 14.2 Å². The average Bonchev–Trinajstić information content (AvgIpc) is 3.24. The molecule has 0 spiro atoms.